The molecule has 4 atom stereocenters. The summed E-state index contributed by atoms with van der Waals surface area (Å²) in [7, 11) is 5.89. The highest BCUT2D eigenvalue weighted by atomic mass is 79.9. The van der Waals surface area contributed by atoms with Crippen molar-refractivity contribution < 1.29 is 28.9 Å². The number of aryl methyl sites for hydroxylation is 2. The van der Waals surface area contributed by atoms with Gasteiger partial charge in [-0.2, -0.15) is 0 Å². The first-order valence-corrected chi connectivity index (χ1v) is 19.4. The molecule has 53 heavy (non-hydrogen) atoms. The topological polar surface area (TPSA) is 169 Å². The van der Waals surface area contributed by atoms with Crippen LogP contribution in [0.1, 0.15) is 29.6 Å². The summed E-state index contributed by atoms with van der Waals surface area (Å²) >= 11 is 24.7. The van der Waals surface area contributed by atoms with Crippen LogP contribution in [0, 0.1) is 0 Å². The van der Waals surface area contributed by atoms with E-state index in [2.05, 4.69) is 52.8 Å². The first kappa shape index (κ1) is 37.7. The van der Waals surface area contributed by atoms with Crippen molar-refractivity contribution in [1.29, 1.82) is 0 Å². The molecule has 0 unspecified atom stereocenters. The molecule has 0 spiro atoms. The van der Waals surface area contributed by atoms with Gasteiger partial charge in [0, 0.05) is 49.0 Å². The van der Waals surface area contributed by atoms with Crippen molar-refractivity contribution in [2.24, 2.45) is 7.05 Å². The molecular formula is C33H29Br3Cl2N6O9. The number of aromatic hydroxyl groups is 1. The zero-order valence-corrected chi connectivity index (χ0v) is 34.6. The summed E-state index contributed by atoms with van der Waals surface area (Å²) in [4.78, 5) is 71.0. The highest BCUT2D eigenvalue weighted by Gasteiger charge is 2.75. The summed E-state index contributed by atoms with van der Waals surface area (Å²) in [5.41, 5.74) is -0.196. The van der Waals surface area contributed by atoms with Crippen LogP contribution in [0.15, 0.2) is 53.2 Å². The molecule has 2 aromatic heterocycles. The molecule has 280 valence electrons. The lowest BCUT2D eigenvalue weighted by molar-refractivity contribution is -0.138. The first-order valence-electron chi connectivity index (χ1n) is 15.9. The Balaban J connectivity index is 1.35. The van der Waals surface area contributed by atoms with Gasteiger partial charge in [0.1, 0.15) is 5.69 Å². The summed E-state index contributed by atoms with van der Waals surface area (Å²) in [6, 6.07) is 3.73. The number of carbonyl (C=O) groups is 2. The average molecular weight is 964 g/mol. The molecular weight excluding hydrogens is 935 g/mol. The number of nitrogens with zero attached hydrogens (tertiary/aromatic N) is 6. The van der Waals surface area contributed by atoms with Gasteiger partial charge in [-0.25, -0.2) is 28.5 Å². The molecule has 1 saturated carbocycles. The highest BCUT2D eigenvalue weighted by Crippen LogP contribution is 2.65. The van der Waals surface area contributed by atoms with Crippen molar-refractivity contribution in [3.63, 3.8) is 0 Å². The molecule has 7 rings (SSSR count). The number of ether oxygens (including phenoxy) is 3. The van der Waals surface area contributed by atoms with Gasteiger partial charge in [0.2, 0.25) is 0 Å². The van der Waals surface area contributed by atoms with E-state index in [1.165, 1.54) is 41.3 Å². The van der Waals surface area contributed by atoms with Gasteiger partial charge in [-0.15, -0.1) is 23.2 Å². The summed E-state index contributed by atoms with van der Waals surface area (Å²) in [6.07, 6.45) is 1.30. The predicted octanol–water partition coefficient (Wildman–Crippen LogP) is 3.90. The number of phenols is 1. The third-order valence-corrected chi connectivity index (χ3v) is 14.4. The summed E-state index contributed by atoms with van der Waals surface area (Å²) in [5, 5.41) is 10.7. The number of imide groups is 1. The molecule has 3 aliphatic rings. The fourth-order valence-corrected chi connectivity index (χ4v) is 10.0. The number of methoxy groups -OCH3 is 3. The van der Waals surface area contributed by atoms with Gasteiger partial charge >= 0.3 is 11.4 Å². The third kappa shape index (κ3) is 5.14. The van der Waals surface area contributed by atoms with E-state index in [1.54, 1.807) is 25.3 Å². The van der Waals surface area contributed by atoms with Crippen LogP contribution < -0.4 is 31.1 Å². The molecule has 2 aliphatic heterocycles. The number of likely N-dealkylation sites (tertiary alicyclic amines) is 1. The Bertz CT molecular complexity index is 2500. The first-order chi connectivity index (χ1) is 25.1. The second kappa shape index (κ2) is 13.3. The van der Waals surface area contributed by atoms with Crippen LogP contribution in [0.25, 0.3) is 11.0 Å². The highest BCUT2D eigenvalue weighted by molar-refractivity contribution is 9.13. The zero-order valence-electron chi connectivity index (χ0n) is 28.3. The number of amides is 2. The molecule has 15 nitrogen and oxygen atoms in total. The minimum atomic E-state index is -2.10. The number of allylic oxidation sites excluding steroid dienone is 2. The number of halogens is 5. The second-order valence-corrected chi connectivity index (χ2v) is 16.0. The molecule has 2 aromatic carbocycles. The van der Waals surface area contributed by atoms with E-state index >= 15 is 0 Å². The van der Waals surface area contributed by atoms with Crippen LogP contribution in [-0.4, -0.2) is 81.8 Å². The number of carbonyl (C=O) groups excluding carboxylic acids is 2. The molecule has 0 bridgehead atoms. The van der Waals surface area contributed by atoms with Crippen molar-refractivity contribution >= 4 is 93.8 Å². The van der Waals surface area contributed by atoms with Crippen LogP contribution in [0.3, 0.4) is 0 Å². The Morgan fingerprint density at radius 2 is 1.60 bits per heavy atom. The van der Waals surface area contributed by atoms with Gasteiger partial charge in [-0.3, -0.25) is 19.3 Å². The number of hydrogen-bond acceptors (Lipinski definition) is 10. The van der Waals surface area contributed by atoms with Gasteiger partial charge in [-0.05, 0) is 49.1 Å². The molecule has 1 aliphatic carbocycles. The van der Waals surface area contributed by atoms with Crippen LogP contribution in [0.5, 0.6) is 23.0 Å². The molecule has 2 amide bonds. The quantitative estimate of drug-likeness (QED) is 0.118. The maximum atomic E-state index is 14.3. The average Bonchev–Trinajstić information content (AvgIpc) is 3.47. The van der Waals surface area contributed by atoms with Crippen molar-refractivity contribution in [1.82, 2.24) is 28.4 Å². The largest absolute Gasteiger partial charge is 0.503 e. The Hall–Kier alpha value is -3.58. The zero-order chi connectivity index (χ0) is 38.5. The van der Waals surface area contributed by atoms with Crippen LogP contribution in [0.2, 0.25) is 0 Å². The molecule has 20 heteroatoms. The van der Waals surface area contributed by atoms with E-state index in [0.717, 1.165) is 9.47 Å². The lowest BCUT2D eigenvalue weighted by Crippen LogP contribution is -2.59. The maximum Gasteiger partial charge on any atom is 0.347 e. The minimum Gasteiger partial charge on any atom is -0.503 e. The number of benzene rings is 2. The van der Waals surface area contributed by atoms with Gasteiger partial charge in [0.25, 0.3) is 17.4 Å². The Morgan fingerprint density at radius 3 is 2.25 bits per heavy atom. The van der Waals surface area contributed by atoms with E-state index in [9.17, 15) is 29.1 Å². The normalized spacial score (nSPS) is 23.5. The summed E-state index contributed by atoms with van der Waals surface area (Å²) in [6.45, 7) is -0.299. The molecule has 1 N–H and O–H groups in total. The molecule has 4 aromatic rings. The number of rotatable bonds is 8. The Morgan fingerprint density at radius 1 is 0.943 bits per heavy atom. The van der Waals surface area contributed by atoms with E-state index < -0.39 is 50.5 Å². The van der Waals surface area contributed by atoms with E-state index in [0.29, 0.717) is 38.1 Å². The predicted molar refractivity (Wildman–Crippen MR) is 204 cm³/mol. The number of aromatic nitrogens is 5. The Kier molecular flexibility index (Phi) is 9.48. The fourth-order valence-electron chi connectivity index (χ4n) is 7.67. The van der Waals surface area contributed by atoms with Crippen molar-refractivity contribution in [2.75, 3.05) is 26.8 Å². The van der Waals surface area contributed by atoms with Crippen LogP contribution in [0.4, 0.5) is 0 Å². The summed E-state index contributed by atoms with van der Waals surface area (Å²) < 4.78 is 21.5. The second-order valence-electron chi connectivity index (χ2n) is 12.7. The lowest BCUT2D eigenvalue weighted by atomic mass is 9.64. The van der Waals surface area contributed by atoms with Gasteiger partial charge in [0.05, 0.1) is 54.9 Å². The third-order valence-electron chi connectivity index (χ3n) is 10.3. The minimum absolute atomic E-state index is 0.0365. The lowest BCUT2D eigenvalue weighted by Gasteiger charge is -2.49. The van der Waals surface area contributed by atoms with E-state index in [4.69, 9.17) is 37.4 Å². The molecule has 2 fully saturated rings. The number of fused-ring (bicyclic) bond motifs is 5. The standard InChI is InChI=1S/C33H29Br3Cl2N6O9/c1-40-18-11-21(52-3)20(51-2)10-17(18)39-16(27(40)46)6-7-41-30(49)43-8-5-14-19(44(43)31(41)50)12-32(37)28(47)42(13-34)29(48)33(32,38)23(14)15-9-22(53-4)26(45)25(36)24(15)35/h5,9-11,19,23,45H,6-8,12-13H2,1-4H3/t19-,23-,32-,33+/m1/s1. The van der Waals surface area contributed by atoms with Crippen molar-refractivity contribution in [2.45, 2.75) is 47.6 Å². The maximum absolute atomic E-state index is 14.3. The van der Waals surface area contributed by atoms with Gasteiger partial charge in [-0.1, -0.05) is 22.0 Å². The number of hydrogen-bond donors (Lipinski definition) is 1. The smallest absolute Gasteiger partial charge is 0.347 e. The molecule has 4 heterocycles. The molecule has 1 saturated heterocycles. The van der Waals surface area contributed by atoms with E-state index in [1.807, 2.05) is 0 Å². The monoisotopic (exact) mass is 960 g/mol. The number of alkyl halides is 3. The van der Waals surface area contributed by atoms with Crippen molar-refractivity contribution in [3.05, 3.63) is 81.4 Å². The van der Waals surface area contributed by atoms with Gasteiger partial charge in [0.15, 0.2) is 32.7 Å². The SMILES string of the molecule is COc1cc2nc(CCn3c(=O)n4n(c3=O)[C@@H]3C[C@@]5(Cl)C(=O)N(CBr)C(=O)[C@@]5(Cl)[C@@H](c5cc(OC)c(O)c(Br)c5Br)C3=CC4)c(=O)n(C)c2cc1OC. The van der Waals surface area contributed by atoms with E-state index in [-0.39, 0.29) is 53.1 Å². The Labute approximate surface area is 335 Å². The fraction of sp³-hybridized carbons (Fsp3) is 0.394. The van der Waals surface area contributed by atoms with Gasteiger partial charge < -0.3 is 23.9 Å². The number of phenolic OH excluding ortho intramolecular Hbond substituents is 1. The van der Waals surface area contributed by atoms with Crippen molar-refractivity contribution in [3.8, 4) is 23.0 Å². The summed E-state index contributed by atoms with van der Waals surface area (Å²) in [5.74, 6) is -2.08. The van der Waals surface area contributed by atoms with Crippen LogP contribution in [-0.2, 0) is 36.1 Å². The molecule has 0 radical (unpaired) electrons. The van der Waals surface area contributed by atoms with Crippen LogP contribution >= 0.6 is 71.0 Å².